The number of rotatable bonds is 6. The molecule has 7 nitrogen and oxygen atoms in total. The third-order valence-corrected chi connectivity index (χ3v) is 3.75. The standard InChI is InChI=1S/C19H16F3N3O4/c1-11(2)15-13-9-12(6-8-25(13)24-16(15)18(26)27-3)29-17-14(5-4-7-23-17)28-10-19(20,21)22/h4-9H,1,10H2,2-3H3. The Bertz CT molecular complexity index is 1080. The number of aromatic nitrogens is 3. The number of nitrogens with zero attached hydrogens (tertiary/aromatic N) is 3. The third kappa shape index (κ3) is 4.48. The lowest BCUT2D eigenvalue weighted by molar-refractivity contribution is -0.153. The number of fused-ring (bicyclic) bond motifs is 1. The van der Waals surface area contributed by atoms with Crippen molar-refractivity contribution in [3.05, 3.63) is 54.5 Å². The molecule has 3 aromatic rings. The number of carbonyl (C=O) groups excluding carboxylic acids is 1. The average molecular weight is 407 g/mol. The highest BCUT2D eigenvalue weighted by Gasteiger charge is 2.29. The largest absolute Gasteiger partial charge is 0.478 e. The number of alkyl halides is 3. The second kappa shape index (κ2) is 7.82. The second-order valence-electron chi connectivity index (χ2n) is 6.00. The van der Waals surface area contributed by atoms with E-state index in [0.29, 0.717) is 16.7 Å². The van der Waals surface area contributed by atoms with Gasteiger partial charge in [-0.15, -0.1) is 0 Å². The number of hydrogen-bond donors (Lipinski definition) is 0. The lowest BCUT2D eigenvalue weighted by atomic mass is 10.1. The minimum absolute atomic E-state index is 0.0872. The highest BCUT2D eigenvalue weighted by Crippen LogP contribution is 2.32. The van der Waals surface area contributed by atoms with Gasteiger partial charge in [-0.3, -0.25) is 0 Å². The summed E-state index contributed by atoms with van der Waals surface area (Å²) in [6.07, 6.45) is -1.60. The number of pyridine rings is 2. The van der Waals surface area contributed by atoms with Crippen molar-refractivity contribution in [2.24, 2.45) is 0 Å². The Morgan fingerprint density at radius 2 is 2.07 bits per heavy atom. The zero-order valence-corrected chi connectivity index (χ0v) is 15.5. The Kier molecular flexibility index (Phi) is 5.44. The number of ether oxygens (including phenoxy) is 3. The molecule has 3 aromatic heterocycles. The maximum atomic E-state index is 12.4. The molecule has 0 N–H and O–H groups in total. The Morgan fingerprint density at radius 1 is 1.31 bits per heavy atom. The topological polar surface area (TPSA) is 75.0 Å². The van der Waals surface area contributed by atoms with Crippen molar-refractivity contribution in [2.45, 2.75) is 13.1 Å². The fourth-order valence-corrected chi connectivity index (χ4v) is 2.58. The summed E-state index contributed by atoms with van der Waals surface area (Å²) in [7, 11) is 1.24. The molecule has 0 saturated heterocycles. The molecule has 152 valence electrons. The summed E-state index contributed by atoms with van der Waals surface area (Å²) in [6.45, 7) is 4.09. The van der Waals surface area contributed by atoms with Crippen molar-refractivity contribution >= 4 is 17.1 Å². The van der Waals surface area contributed by atoms with Crippen molar-refractivity contribution in [3.8, 4) is 17.4 Å². The Morgan fingerprint density at radius 3 is 2.72 bits per heavy atom. The fraction of sp³-hybridized carbons (Fsp3) is 0.211. The smallest absolute Gasteiger partial charge is 0.422 e. The monoisotopic (exact) mass is 407 g/mol. The van der Waals surface area contributed by atoms with Crippen LogP contribution in [0.1, 0.15) is 23.0 Å². The predicted molar refractivity (Wildman–Crippen MR) is 97.1 cm³/mol. The Balaban J connectivity index is 1.97. The van der Waals surface area contributed by atoms with Gasteiger partial charge in [0.05, 0.1) is 12.6 Å². The van der Waals surface area contributed by atoms with Gasteiger partial charge in [0.2, 0.25) is 0 Å². The first-order chi connectivity index (χ1) is 13.7. The molecule has 0 saturated carbocycles. The van der Waals surface area contributed by atoms with Gasteiger partial charge in [-0.05, 0) is 30.7 Å². The SMILES string of the molecule is C=C(C)c1c(C(=O)OC)nn2ccc(Oc3ncccc3OCC(F)(F)F)cc12. The van der Waals surface area contributed by atoms with Gasteiger partial charge in [0, 0.05) is 24.0 Å². The van der Waals surface area contributed by atoms with Gasteiger partial charge in [-0.1, -0.05) is 6.58 Å². The highest BCUT2D eigenvalue weighted by atomic mass is 19.4. The first-order valence-corrected chi connectivity index (χ1v) is 8.28. The van der Waals surface area contributed by atoms with Crippen LogP contribution in [-0.2, 0) is 4.74 Å². The van der Waals surface area contributed by atoms with Gasteiger partial charge in [-0.2, -0.15) is 18.3 Å². The van der Waals surface area contributed by atoms with Crippen LogP contribution in [0.15, 0.2) is 43.2 Å². The number of allylic oxidation sites excluding steroid dienone is 1. The Labute approximate surface area is 163 Å². The molecule has 0 atom stereocenters. The molecule has 10 heteroatoms. The second-order valence-corrected chi connectivity index (χ2v) is 6.00. The maximum absolute atomic E-state index is 12.4. The van der Waals surface area contributed by atoms with Gasteiger partial charge >= 0.3 is 12.1 Å². The van der Waals surface area contributed by atoms with Crippen LogP contribution in [0.5, 0.6) is 17.4 Å². The molecule has 0 radical (unpaired) electrons. The van der Waals surface area contributed by atoms with Crippen LogP contribution >= 0.6 is 0 Å². The maximum Gasteiger partial charge on any atom is 0.422 e. The lowest BCUT2D eigenvalue weighted by Crippen LogP contribution is -2.19. The molecule has 0 spiro atoms. The van der Waals surface area contributed by atoms with E-state index in [1.54, 1.807) is 13.0 Å². The number of hydrogen-bond acceptors (Lipinski definition) is 6. The fourth-order valence-electron chi connectivity index (χ4n) is 2.58. The molecule has 3 heterocycles. The zero-order chi connectivity index (χ0) is 21.2. The molecule has 29 heavy (non-hydrogen) atoms. The van der Waals surface area contributed by atoms with Crippen LogP contribution in [0.3, 0.4) is 0 Å². The molecule has 3 rings (SSSR count). The summed E-state index contributed by atoms with van der Waals surface area (Å²) in [5, 5.41) is 4.19. The predicted octanol–water partition coefficient (Wildman–Crippen LogP) is 4.28. The Hall–Kier alpha value is -3.56. The van der Waals surface area contributed by atoms with E-state index >= 15 is 0 Å². The van der Waals surface area contributed by atoms with E-state index in [4.69, 9.17) is 14.2 Å². The van der Waals surface area contributed by atoms with E-state index in [0.717, 1.165) is 0 Å². The third-order valence-electron chi connectivity index (χ3n) is 3.75. The number of esters is 1. The molecule has 0 aliphatic rings. The normalized spacial score (nSPS) is 11.3. The summed E-state index contributed by atoms with van der Waals surface area (Å²) < 4.78 is 53.9. The first-order valence-electron chi connectivity index (χ1n) is 8.28. The van der Waals surface area contributed by atoms with E-state index in [2.05, 4.69) is 16.7 Å². The van der Waals surface area contributed by atoms with Gasteiger partial charge in [0.15, 0.2) is 18.1 Å². The molecule has 0 bridgehead atoms. The van der Waals surface area contributed by atoms with Crippen molar-refractivity contribution in [3.63, 3.8) is 0 Å². The minimum Gasteiger partial charge on any atom is -0.478 e. The quantitative estimate of drug-likeness (QED) is 0.568. The van der Waals surface area contributed by atoms with E-state index < -0.39 is 18.8 Å². The van der Waals surface area contributed by atoms with E-state index in [-0.39, 0.29) is 23.1 Å². The summed E-state index contributed by atoms with van der Waals surface area (Å²) in [4.78, 5) is 15.9. The lowest BCUT2D eigenvalue weighted by Gasteiger charge is -2.12. The van der Waals surface area contributed by atoms with Crippen molar-refractivity contribution in [1.82, 2.24) is 14.6 Å². The molecule has 0 aliphatic heterocycles. The zero-order valence-electron chi connectivity index (χ0n) is 15.5. The molecular weight excluding hydrogens is 391 g/mol. The van der Waals surface area contributed by atoms with Gasteiger partial charge in [0.25, 0.3) is 5.88 Å². The highest BCUT2D eigenvalue weighted by molar-refractivity contribution is 5.97. The van der Waals surface area contributed by atoms with Crippen LogP contribution in [0.25, 0.3) is 11.1 Å². The van der Waals surface area contributed by atoms with Crippen LogP contribution < -0.4 is 9.47 Å². The first kappa shape index (κ1) is 20.2. The number of halogens is 3. The summed E-state index contributed by atoms with van der Waals surface area (Å²) >= 11 is 0. The van der Waals surface area contributed by atoms with Crippen molar-refractivity contribution in [2.75, 3.05) is 13.7 Å². The molecule has 0 unspecified atom stereocenters. The molecule has 0 aliphatic carbocycles. The van der Waals surface area contributed by atoms with Crippen molar-refractivity contribution < 1.29 is 32.2 Å². The van der Waals surface area contributed by atoms with Crippen LogP contribution in [0, 0.1) is 0 Å². The number of methoxy groups -OCH3 is 1. The molecule has 0 amide bonds. The van der Waals surface area contributed by atoms with Gasteiger partial charge in [0.1, 0.15) is 5.75 Å². The van der Waals surface area contributed by atoms with Crippen molar-refractivity contribution in [1.29, 1.82) is 0 Å². The van der Waals surface area contributed by atoms with E-state index in [1.807, 2.05) is 0 Å². The molecular formula is C19H16F3N3O4. The molecule has 0 fully saturated rings. The molecule has 0 aromatic carbocycles. The average Bonchev–Trinajstić information content (AvgIpc) is 3.05. The van der Waals surface area contributed by atoms with E-state index in [9.17, 15) is 18.0 Å². The van der Waals surface area contributed by atoms with E-state index in [1.165, 1.54) is 42.2 Å². The minimum atomic E-state index is -4.50. The number of carbonyl (C=O) groups is 1. The summed E-state index contributed by atoms with van der Waals surface area (Å²) in [5.41, 5.74) is 1.63. The van der Waals surface area contributed by atoms with Crippen LogP contribution in [0.4, 0.5) is 13.2 Å². The summed E-state index contributed by atoms with van der Waals surface area (Å²) in [6, 6.07) is 5.83. The van der Waals surface area contributed by atoms with Gasteiger partial charge in [-0.25, -0.2) is 14.3 Å². The van der Waals surface area contributed by atoms with Crippen LogP contribution in [-0.4, -0.2) is 40.5 Å². The van der Waals surface area contributed by atoms with Crippen LogP contribution in [0.2, 0.25) is 0 Å². The van der Waals surface area contributed by atoms with Gasteiger partial charge < -0.3 is 14.2 Å². The summed E-state index contributed by atoms with van der Waals surface area (Å²) in [5.74, 6) is -0.659.